The Bertz CT molecular complexity index is 411. The summed E-state index contributed by atoms with van der Waals surface area (Å²) in [4.78, 5) is 15.6. The molecule has 1 aliphatic heterocycles. The lowest BCUT2D eigenvalue weighted by atomic mass is 10.2. The van der Waals surface area contributed by atoms with Gasteiger partial charge in [-0.2, -0.15) is 0 Å². The Kier molecular flexibility index (Phi) is 4.63. The second-order valence-corrected chi connectivity index (χ2v) is 4.63. The number of phenols is 1. The number of benzene rings is 1. The van der Waals surface area contributed by atoms with Crippen LogP contribution in [0.5, 0.6) is 5.75 Å². The maximum Gasteiger partial charge on any atom is 0.409 e. The Morgan fingerprint density at radius 2 is 1.84 bits per heavy atom. The van der Waals surface area contributed by atoms with Gasteiger partial charge in [0.25, 0.3) is 0 Å². The summed E-state index contributed by atoms with van der Waals surface area (Å²) < 4.78 is 4.99. The summed E-state index contributed by atoms with van der Waals surface area (Å²) in [5, 5.41) is 9.24. The molecule has 1 fully saturated rings. The van der Waals surface area contributed by atoms with E-state index in [-0.39, 0.29) is 11.8 Å². The lowest BCUT2D eigenvalue weighted by molar-refractivity contribution is 0.0778. The van der Waals surface area contributed by atoms with Crippen LogP contribution in [0.2, 0.25) is 0 Å². The van der Waals surface area contributed by atoms with E-state index >= 15 is 0 Å². The summed E-state index contributed by atoms with van der Waals surface area (Å²) >= 11 is 0. The first-order valence-electron chi connectivity index (χ1n) is 6.61. The minimum Gasteiger partial charge on any atom is -0.508 e. The van der Waals surface area contributed by atoms with Gasteiger partial charge in [0, 0.05) is 32.7 Å². The van der Waals surface area contributed by atoms with Gasteiger partial charge in [-0.3, -0.25) is 4.90 Å². The highest BCUT2D eigenvalue weighted by atomic mass is 16.6. The molecule has 0 atom stereocenters. The van der Waals surface area contributed by atoms with E-state index in [1.807, 2.05) is 19.1 Å². The Balaban J connectivity index is 1.80. The van der Waals surface area contributed by atoms with Gasteiger partial charge in [-0.1, -0.05) is 12.1 Å². The molecule has 1 heterocycles. The van der Waals surface area contributed by atoms with Crippen molar-refractivity contribution in [2.45, 2.75) is 13.5 Å². The third-order valence-electron chi connectivity index (χ3n) is 3.24. The molecule has 0 saturated carbocycles. The minimum atomic E-state index is -0.216. The number of piperazine rings is 1. The van der Waals surface area contributed by atoms with Crippen LogP contribution in [0.4, 0.5) is 4.79 Å². The first-order chi connectivity index (χ1) is 9.19. The molecular formula is C14H20N2O3. The van der Waals surface area contributed by atoms with Crippen molar-refractivity contribution >= 4 is 6.09 Å². The van der Waals surface area contributed by atoms with Crippen molar-refractivity contribution in [1.82, 2.24) is 9.80 Å². The van der Waals surface area contributed by atoms with Gasteiger partial charge in [0.15, 0.2) is 0 Å². The van der Waals surface area contributed by atoms with E-state index in [2.05, 4.69) is 4.90 Å². The molecule has 0 aliphatic carbocycles. The third-order valence-corrected chi connectivity index (χ3v) is 3.24. The van der Waals surface area contributed by atoms with Gasteiger partial charge in [0.05, 0.1) is 6.61 Å². The highest BCUT2D eigenvalue weighted by molar-refractivity contribution is 5.67. The van der Waals surface area contributed by atoms with Gasteiger partial charge in [-0.25, -0.2) is 4.79 Å². The van der Waals surface area contributed by atoms with Crippen molar-refractivity contribution in [2.24, 2.45) is 0 Å². The molecule has 1 saturated heterocycles. The van der Waals surface area contributed by atoms with Crippen LogP contribution in [0.15, 0.2) is 24.3 Å². The van der Waals surface area contributed by atoms with Gasteiger partial charge in [-0.15, -0.1) is 0 Å². The van der Waals surface area contributed by atoms with Gasteiger partial charge in [0.1, 0.15) is 5.75 Å². The monoisotopic (exact) mass is 264 g/mol. The fourth-order valence-corrected chi connectivity index (χ4v) is 2.16. The molecule has 1 amide bonds. The maximum absolute atomic E-state index is 11.6. The zero-order valence-electron chi connectivity index (χ0n) is 11.2. The number of phenolic OH excluding ortho intramolecular Hbond substituents is 1. The third kappa shape index (κ3) is 3.86. The zero-order valence-corrected chi connectivity index (χ0v) is 11.2. The van der Waals surface area contributed by atoms with E-state index < -0.39 is 0 Å². The number of carbonyl (C=O) groups is 1. The van der Waals surface area contributed by atoms with E-state index in [9.17, 15) is 9.90 Å². The van der Waals surface area contributed by atoms with Crippen LogP contribution in [0.25, 0.3) is 0 Å². The smallest absolute Gasteiger partial charge is 0.409 e. The number of carbonyl (C=O) groups excluding carboxylic acids is 1. The molecule has 0 bridgehead atoms. The van der Waals surface area contributed by atoms with Gasteiger partial charge < -0.3 is 14.7 Å². The summed E-state index contributed by atoms with van der Waals surface area (Å²) in [6.45, 7) is 6.19. The van der Waals surface area contributed by atoms with Crippen LogP contribution < -0.4 is 0 Å². The summed E-state index contributed by atoms with van der Waals surface area (Å²) in [7, 11) is 0. The fourth-order valence-electron chi connectivity index (χ4n) is 2.16. The molecule has 2 rings (SSSR count). The number of rotatable bonds is 3. The zero-order chi connectivity index (χ0) is 13.7. The summed E-state index contributed by atoms with van der Waals surface area (Å²) in [5.41, 5.74) is 1.17. The first-order valence-corrected chi connectivity index (χ1v) is 6.61. The van der Waals surface area contributed by atoms with Crippen LogP contribution in [0.3, 0.4) is 0 Å². The number of aromatic hydroxyl groups is 1. The molecule has 0 aromatic heterocycles. The number of nitrogens with zero attached hydrogens (tertiary/aromatic N) is 2. The van der Waals surface area contributed by atoms with Crippen LogP contribution in [-0.4, -0.2) is 53.8 Å². The fraction of sp³-hybridized carbons (Fsp3) is 0.500. The number of ether oxygens (including phenoxy) is 1. The average molecular weight is 264 g/mol. The predicted molar refractivity (Wildman–Crippen MR) is 72.0 cm³/mol. The first kappa shape index (κ1) is 13.7. The summed E-state index contributed by atoms with van der Waals surface area (Å²) in [6.07, 6.45) is -0.216. The Morgan fingerprint density at radius 1 is 1.21 bits per heavy atom. The lowest BCUT2D eigenvalue weighted by Gasteiger charge is -2.34. The average Bonchev–Trinajstić information content (AvgIpc) is 2.42. The maximum atomic E-state index is 11.6. The second kappa shape index (κ2) is 6.43. The second-order valence-electron chi connectivity index (χ2n) is 4.63. The Labute approximate surface area is 113 Å². The molecule has 1 aromatic rings. The van der Waals surface area contributed by atoms with Gasteiger partial charge in [0.2, 0.25) is 0 Å². The molecule has 0 spiro atoms. The van der Waals surface area contributed by atoms with Crippen molar-refractivity contribution in [3.05, 3.63) is 29.8 Å². The van der Waals surface area contributed by atoms with E-state index in [0.717, 1.165) is 19.6 Å². The topological polar surface area (TPSA) is 53.0 Å². The normalized spacial score (nSPS) is 16.4. The molecule has 1 aliphatic rings. The van der Waals surface area contributed by atoms with Crippen molar-refractivity contribution < 1.29 is 14.6 Å². The predicted octanol–water partition coefficient (Wildman–Crippen LogP) is 1.67. The van der Waals surface area contributed by atoms with Gasteiger partial charge >= 0.3 is 6.09 Å². The van der Waals surface area contributed by atoms with Crippen LogP contribution in [0, 0.1) is 0 Å². The standard InChI is InChI=1S/C14H20N2O3/c1-2-19-14(18)16-9-7-15(8-10-16)11-12-3-5-13(17)6-4-12/h3-6,17H,2,7-11H2,1H3. The van der Waals surface area contributed by atoms with Crippen molar-refractivity contribution in [3.63, 3.8) is 0 Å². The molecule has 0 unspecified atom stereocenters. The molecule has 1 N–H and O–H groups in total. The summed E-state index contributed by atoms with van der Waals surface area (Å²) in [5.74, 6) is 0.288. The van der Waals surface area contributed by atoms with Crippen molar-refractivity contribution in [3.8, 4) is 5.75 Å². The molecule has 0 radical (unpaired) electrons. The highest BCUT2D eigenvalue weighted by Gasteiger charge is 2.21. The van der Waals surface area contributed by atoms with E-state index in [4.69, 9.17) is 4.74 Å². The minimum absolute atomic E-state index is 0.216. The molecule has 5 heteroatoms. The van der Waals surface area contributed by atoms with Crippen molar-refractivity contribution in [2.75, 3.05) is 32.8 Å². The van der Waals surface area contributed by atoms with Crippen molar-refractivity contribution in [1.29, 1.82) is 0 Å². The SMILES string of the molecule is CCOC(=O)N1CCN(Cc2ccc(O)cc2)CC1. The number of amides is 1. The molecule has 1 aromatic carbocycles. The van der Waals surface area contributed by atoms with Crippen LogP contribution in [-0.2, 0) is 11.3 Å². The molecule has 5 nitrogen and oxygen atoms in total. The molecular weight excluding hydrogens is 244 g/mol. The van der Waals surface area contributed by atoms with Gasteiger partial charge in [-0.05, 0) is 24.6 Å². The number of hydrogen-bond acceptors (Lipinski definition) is 4. The quantitative estimate of drug-likeness (QED) is 0.902. The Hall–Kier alpha value is -1.75. The highest BCUT2D eigenvalue weighted by Crippen LogP contribution is 2.13. The van der Waals surface area contributed by atoms with Crippen LogP contribution in [0.1, 0.15) is 12.5 Å². The van der Waals surface area contributed by atoms with E-state index in [1.165, 1.54) is 5.56 Å². The summed E-state index contributed by atoms with van der Waals surface area (Å²) in [6, 6.07) is 7.24. The number of hydrogen-bond donors (Lipinski definition) is 1. The molecule has 19 heavy (non-hydrogen) atoms. The molecule has 104 valence electrons. The van der Waals surface area contributed by atoms with Crippen LogP contribution >= 0.6 is 0 Å². The van der Waals surface area contributed by atoms with E-state index in [0.29, 0.717) is 19.7 Å². The largest absolute Gasteiger partial charge is 0.508 e. The van der Waals surface area contributed by atoms with E-state index in [1.54, 1.807) is 17.0 Å². The lowest BCUT2D eigenvalue weighted by Crippen LogP contribution is -2.48. The Morgan fingerprint density at radius 3 is 2.42 bits per heavy atom.